The van der Waals surface area contributed by atoms with Crippen LogP contribution in [0.2, 0.25) is 10.0 Å². The normalized spacial score (nSPS) is 26.4. The highest BCUT2D eigenvalue weighted by Crippen LogP contribution is 2.36. The van der Waals surface area contributed by atoms with E-state index >= 15 is 0 Å². The van der Waals surface area contributed by atoms with Crippen LogP contribution >= 0.6 is 23.2 Å². The Labute approximate surface area is 117 Å². The number of rotatable bonds is 3. The van der Waals surface area contributed by atoms with E-state index in [1.54, 1.807) is 12.1 Å². The molecule has 6 heteroatoms. The van der Waals surface area contributed by atoms with E-state index in [1.807, 2.05) is 6.07 Å². The third kappa shape index (κ3) is 2.99. The summed E-state index contributed by atoms with van der Waals surface area (Å²) in [6.45, 7) is 0.352. The first-order valence-electron chi connectivity index (χ1n) is 5.70. The molecule has 1 aromatic rings. The van der Waals surface area contributed by atoms with Crippen molar-refractivity contribution in [3.8, 4) is 0 Å². The highest BCUT2D eigenvalue weighted by Gasteiger charge is 2.41. The smallest absolute Gasteiger partial charge is 0.150 e. The van der Waals surface area contributed by atoms with Crippen molar-refractivity contribution in [1.82, 2.24) is 0 Å². The summed E-state index contributed by atoms with van der Waals surface area (Å²) in [7, 11) is -2.96. The molecular formula is C12H15Cl2NO2S. The molecule has 1 heterocycles. The van der Waals surface area contributed by atoms with Gasteiger partial charge in [0.05, 0.1) is 11.5 Å². The van der Waals surface area contributed by atoms with E-state index in [2.05, 4.69) is 0 Å². The average molecular weight is 308 g/mol. The molecule has 100 valence electrons. The van der Waals surface area contributed by atoms with Crippen LogP contribution in [0.15, 0.2) is 18.2 Å². The molecule has 2 rings (SSSR count). The maximum Gasteiger partial charge on any atom is 0.150 e. The minimum atomic E-state index is -2.96. The molecule has 0 radical (unpaired) electrons. The first-order valence-corrected chi connectivity index (χ1v) is 8.28. The molecule has 1 atom stereocenters. The van der Waals surface area contributed by atoms with Crippen molar-refractivity contribution in [2.24, 2.45) is 11.1 Å². The lowest BCUT2D eigenvalue weighted by Gasteiger charge is -2.26. The molecule has 0 aromatic heterocycles. The van der Waals surface area contributed by atoms with E-state index in [9.17, 15) is 8.42 Å². The van der Waals surface area contributed by atoms with Gasteiger partial charge in [0.15, 0.2) is 9.84 Å². The predicted molar refractivity (Wildman–Crippen MR) is 74.9 cm³/mol. The van der Waals surface area contributed by atoms with Gasteiger partial charge in [0.1, 0.15) is 0 Å². The molecule has 1 saturated heterocycles. The number of hydrogen-bond acceptors (Lipinski definition) is 3. The number of benzene rings is 1. The van der Waals surface area contributed by atoms with E-state index in [4.69, 9.17) is 28.9 Å². The summed E-state index contributed by atoms with van der Waals surface area (Å²) < 4.78 is 23.2. The summed E-state index contributed by atoms with van der Waals surface area (Å²) in [6, 6.07) is 5.27. The topological polar surface area (TPSA) is 60.2 Å². The lowest BCUT2D eigenvalue weighted by atomic mass is 9.81. The molecule has 18 heavy (non-hydrogen) atoms. The van der Waals surface area contributed by atoms with Gasteiger partial charge in [-0.2, -0.15) is 0 Å². The lowest BCUT2D eigenvalue weighted by molar-refractivity contribution is 0.344. The molecule has 1 fully saturated rings. The van der Waals surface area contributed by atoms with Gasteiger partial charge in [0.2, 0.25) is 0 Å². The fourth-order valence-corrected chi connectivity index (χ4v) is 5.09. The standard InChI is InChI=1S/C12H15Cl2NO2S/c13-10-2-1-9(11(14)5-10)6-12(7-15)3-4-18(16,17)8-12/h1-2,5H,3-4,6-8,15H2. The van der Waals surface area contributed by atoms with Crippen LogP contribution in [0.3, 0.4) is 0 Å². The van der Waals surface area contributed by atoms with Crippen molar-refractivity contribution in [1.29, 1.82) is 0 Å². The molecule has 0 spiro atoms. The van der Waals surface area contributed by atoms with Crippen molar-refractivity contribution in [3.63, 3.8) is 0 Å². The molecule has 1 aromatic carbocycles. The van der Waals surface area contributed by atoms with Gasteiger partial charge in [-0.25, -0.2) is 8.42 Å². The van der Waals surface area contributed by atoms with Crippen LogP contribution in [0.1, 0.15) is 12.0 Å². The Balaban J connectivity index is 2.26. The van der Waals surface area contributed by atoms with Crippen LogP contribution < -0.4 is 5.73 Å². The van der Waals surface area contributed by atoms with E-state index < -0.39 is 9.84 Å². The fourth-order valence-electron chi connectivity index (χ4n) is 2.42. The average Bonchev–Trinajstić information content (AvgIpc) is 2.59. The van der Waals surface area contributed by atoms with E-state index in [-0.39, 0.29) is 16.9 Å². The number of sulfone groups is 1. The minimum absolute atomic E-state index is 0.148. The zero-order valence-electron chi connectivity index (χ0n) is 9.83. The largest absolute Gasteiger partial charge is 0.330 e. The Morgan fingerprint density at radius 3 is 2.56 bits per heavy atom. The Morgan fingerprint density at radius 1 is 1.33 bits per heavy atom. The van der Waals surface area contributed by atoms with Crippen molar-refractivity contribution >= 4 is 33.0 Å². The quantitative estimate of drug-likeness (QED) is 0.932. The molecule has 1 aliphatic heterocycles. The van der Waals surface area contributed by atoms with Crippen LogP contribution in [-0.4, -0.2) is 26.5 Å². The van der Waals surface area contributed by atoms with Crippen LogP contribution in [0.25, 0.3) is 0 Å². The first kappa shape index (κ1) is 14.1. The number of nitrogens with two attached hydrogens (primary N) is 1. The second-order valence-electron chi connectivity index (χ2n) is 4.96. The van der Waals surface area contributed by atoms with Crippen molar-refractivity contribution in [2.75, 3.05) is 18.1 Å². The van der Waals surface area contributed by atoms with Gasteiger partial charge in [-0.15, -0.1) is 0 Å². The van der Waals surface area contributed by atoms with Gasteiger partial charge in [0, 0.05) is 15.5 Å². The monoisotopic (exact) mass is 307 g/mol. The highest BCUT2D eigenvalue weighted by molar-refractivity contribution is 7.91. The molecule has 2 N–H and O–H groups in total. The van der Waals surface area contributed by atoms with Gasteiger partial charge in [-0.05, 0) is 37.1 Å². The molecular weight excluding hydrogens is 293 g/mol. The lowest BCUT2D eigenvalue weighted by Crippen LogP contribution is -2.34. The second-order valence-corrected chi connectivity index (χ2v) is 7.99. The van der Waals surface area contributed by atoms with Crippen LogP contribution in [0.4, 0.5) is 0 Å². The molecule has 1 unspecified atom stereocenters. The first-order chi connectivity index (χ1) is 8.36. The van der Waals surface area contributed by atoms with Crippen molar-refractivity contribution < 1.29 is 8.42 Å². The van der Waals surface area contributed by atoms with Crippen molar-refractivity contribution in [3.05, 3.63) is 33.8 Å². The predicted octanol–water partition coefficient (Wildman–Crippen LogP) is 2.30. The number of halogens is 2. The van der Waals surface area contributed by atoms with Gasteiger partial charge >= 0.3 is 0 Å². The molecule has 3 nitrogen and oxygen atoms in total. The Bertz CT molecular complexity index is 559. The van der Waals surface area contributed by atoms with Gasteiger partial charge < -0.3 is 5.73 Å². The fraction of sp³-hybridized carbons (Fsp3) is 0.500. The maximum atomic E-state index is 11.6. The van der Waals surface area contributed by atoms with Gasteiger partial charge in [-0.1, -0.05) is 29.3 Å². The van der Waals surface area contributed by atoms with Gasteiger partial charge in [-0.3, -0.25) is 0 Å². The molecule has 0 saturated carbocycles. The molecule has 0 bridgehead atoms. The SMILES string of the molecule is NCC1(Cc2ccc(Cl)cc2Cl)CCS(=O)(=O)C1. The molecule has 0 amide bonds. The summed E-state index contributed by atoms with van der Waals surface area (Å²) in [6.07, 6.45) is 1.18. The Morgan fingerprint density at radius 2 is 2.06 bits per heavy atom. The second kappa shape index (κ2) is 5.00. The highest BCUT2D eigenvalue weighted by atomic mass is 35.5. The maximum absolute atomic E-state index is 11.6. The Kier molecular flexibility index (Phi) is 3.93. The van der Waals surface area contributed by atoms with Crippen LogP contribution in [0.5, 0.6) is 0 Å². The molecule has 1 aliphatic rings. The zero-order chi connectivity index (χ0) is 13.4. The van der Waals surface area contributed by atoms with Gasteiger partial charge in [0.25, 0.3) is 0 Å². The zero-order valence-corrected chi connectivity index (χ0v) is 12.2. The van der Waals surface area contributed by atoms with E-state index in [0.29, 0.717) is 29.4 Å². The summed E-state index contributed by atoms with van der Waals surface area (Å²) in [5, 5.41) is 1.14. The van der Waals surface area contributed by atoms with E-state index in [0.717, 1.165) is 5.56 Å². The molecule has 0 aliphatic carbocycles. The third-order valence-electron chi connectivity index (χ3n) is 3.48. The summed E-state index contributed by atoms with van der Waals surface area (Å²) >= 11 is 12.0. The summed E-state index contributed by atoms with van der Waals surface area (Å²) in [5.74, 6) is 0.366. The van der Waals surface area contributed by atoms with Crippen molar-refractivity contribution in [2.45, 2.75) is 12.8 Å². The van der Waals surface area contributed by atoms with Crippen LogP contribution in [-0.2, 0) is 16.3 Å². The number of hydrogen-bond donors (Lipinski definition) is 1. The minimum Gasteiger partial charge on any atom is -0.330 e. The summed E-state index contributed by atoms with van der Waals surface area (Å²) in [4.78, 5) is 0. The van der Waals surface area contributed by atoms with E-state index in [1.165, 1.54) is 0 Å². The van der Waals surface area contributed by atoms with Crippen LogP contribution in [0, 0.1) is 5.41 Å². The third-order valence-corrected chi connectivity index (χ3v) is 5.95. The Hall–Kier alpha value is -0.290. The summed E-state index contributed by atoms with van der Waals surface area (Å²) in [5.41, 5.74) is 6.31.